The van der Waals surface area contributed by atoms with Gasteiger partial charge < -0.3 is 14.8 Å². The maximum atomic E-state index is 5.91. The van der Waals surface area contributed by atoms with Gasteiger partial charge in [-0.15, -0.1) is 0 Å². The van der Waals surface area contributed by atoms with E-state index in [1.807, 2.05) is 7.11 Å². The minimum atomic E-state index is -0.00583. The minimum absolute atomic E-state index is 0.00583. The van der Waals surface area contributed by atoms with Gasteiger partial charge in [0.2, 0.25) is 0 Å². The Hall–Kier alpha value is -0.120. The quantitative estimate of drug-likeness (QED) is 0.545. The van der Waals surface area contributed by atoms with E-state index < -0.39 is 0 Å². The third-order valence-corrected chi connectivity index (χ3v) is 5.08. The summed E-state index contributed by atoms with van der Waals surface area (Å²) in [4.78, 5) is 0. The molecule has 0 aromatic heterocycles. The minimum Gasteiger partial charge on any atom is -0.381 e. The number of nitrogens with one attached hydrogen (secondary N) is 1. The zero-order valence-electron chi connectivity index (χ0n) is 14.6. The molecule has 3 heteroatoms. The van der Waals surface area contributed by atoms with Gasteiger partial charge in [0.05, 0.1) is 5.60 Å². The van der Waals surface area contributed by atoms with Gasteiger partial charge >= 0.3 is 0 Å². The molecule has 0 spiro atoms. The normalized spacial score (nSPS) is 19.6. The molecule has 1 aliphatic rings. The summed E-state index contributed by atoms with van der Waals surface area (Å²) in [7, 11) is 3.94. The van der Waals surface area contributed by atoms with Gasteiger partial charge in [0.15, 0.2) is 0 Å². The molecule has 1 fully saturated rings. The lowest BCUT2D eigenvalue weighted by molar-refractivity contribution is -0.110. The Morgan fingerprint density at radius 1 is 1.00 bits per heavy atom. The second-order valence-corrected chi connectivity index (χ2v) is 6.49. The molecule has 0 aliphatic carbocycles. The van der Waals surface area contributed by atoms with Crippen LogP contribution in [0.25, 0.3) is 0 Å². The smallest absolute Gasteiger partial charge is 0.0874 e. The van der Waals surface area contributed by atoms with Crippen molar-refractivity contribution in [3.8, 4) is 0 Å². The van der Waals surface area contributed by atoms with Gasteiger partial charge in [0.1, 0.15) is 0 Å². The van der Waals surface area contributed by atoms with Gasteiger partial charge in [-0.3, -0.25) is 0 Å². The lowest BCUT2D eigenvalue weighted by Gasteiger charge is -2.42. The lowest BCUT2D eigenvalue weighted by atomic mass is 9.83. The summed E-state index contributed by atoms with van der Waals surface area (Å²) in [5.74, 6) is 0. The van der Waals surface area contributed by atoms with E-state index in [0.717, 1.165) is 26.1 Å². The molecule has 1 rings (SSSR count). The summed E-state index contributed by atoms with van der Waals surface area (Å²) < 4.78 is 11.4. The summed E-state index contributed by atoms with van der Waals surface area (Å²) >= 11 is 0. The van der Waals surface area contributed by atoms with Crippen molar-refractivity contribution < 1.29 is 9.47 Å². The van der Waals surface area contributed by atoms with Crippen LogP contribution < -0.4 is 5.32 Å². The Morgan fingerprint density at radius 2 is 1.57 bits per heavy atom. The summed E-state index contributed by atoms with van der Waals surface area (Å²) in [6, 6.07) is 0.464. The predicted molar refractivity (Wildman–Crippen MR) is 89.9 cm³/mol. The van der Waals surface area contributed by atoms with Crippen molar-refractivity contribution in [2.75, 3.05) is 27.4 Å². The van der Waals surface area contributed by atoms with Gasteiger partial charge in [-0.1, -0.05) is 58.3 Å². The van der Waals surface area contributed by atoms with Crippen molar-refractivity contribution in [3.05, 3.63) is 0 Å². The Kier molecular flexibility index (Phi) is 10.3. The van der Waals surface area contributed by atoms with E-state index in [-0.39, 0.29) is 5.60 Å². The molecule has 3 nitrogen and oxygen atoms in total. The number of likely N-dealkylation sites (N-methyl/N-ethyl adjacent to an activating group) is 1. The molecular formula is C18H37NO2. The molecular weight excluding hydrogens is 262 g/mol. The Labute approximate surface area is 132 Å². The molecule has 21 heavy (non-hydrogen) atoms. The van der Waals surface area contributed by atoms with Crippen LogP contribution in [-0.2, 0) is 9.47 Å². The average Bonchev–Trinajstić information content (AvgIpc) is 2.54. The molecule has 0 aromatic carbocycles. The van der Waals surface area contributed by atoms with Crippen LogP contribution in [0.5, 0.6) is 0 Å². The third kappa shape index (κ3) is 6.66. The zero-order chi connectivity index (χ0) is 15.4. The van der Waals surface area contributed by atoms with Crippen molar-refractivity contribution in [3.63, 3.8) is 0 Å². The molecule has 1 saturated heterocycles. The predicted octanol–water partition coefficient (Wildman–Crippen LogP) is 4.30. The van der Waals surface area contributed by atoms with Gasteiger partial charge in [-0.25, -0.2) is 0 Å². The molecule has 0 amide bonds. The Bertz CT molecular complexity index is 239. The Balaban J connectivity index is 2.18. The molecule has 1 atom stereocenters. The van der Waals surface area contributed by atoms with Crippen molar-refractivity contribution in [1.29, 1.82) is 0 Å². The summed E-state index contributed by atoms with van der Waals surface area (Å²) in [6.45, 7) is 3.95. The van der Waals surface area contributed by atoms with Crippen LogP contribution in [0, 0.1) is 0 Å². The highest BCUT2D eigenvalue weighted by molar-refractivity contribution is 4.94. The van der Waals surface area contributed by atoms with E-state index in [0.29, 0.717) is 6.04 Å². The molecule has 1 N–H and O–H groups in total. The van der Waals surface area contributed by atoms with Crippen LogP contribution in [0.4, 0.5) is 0 Å². The highest BCUT2D eigenvalue weighted by atomic mass is 16.5. The first kappa shape index (κ1) is 18.9. The number of hydrogen-bond acceptors (Lipinski definition) is 3. The lowest BCUT2D eigenvalue weighted by Crippen LogP contribution is -2.54. The largest absolute Gasteiger partial charge is 0.381 e. The van der Waals surface area contributed by atoms with E-state index >= 15 is 0 Å². The van der Waals surface area contributed by atoms with Crippen LogP contribution in [0.2, 0.25) is 0 Å². The monoisotopic (exact) mass is 299 g/mol. The summed E-state index contributed by atoms with van der Waals surface area (Å²) in [5.41, 5.74) is -0.00583. The molecule has 0 bridgehead atoms. The average molecular weight is 299 g/mol. The highest BCUT2D eigenvalue weighted by Gasteiger charge is 2.39. The maximum absolute atomic E-state index is 5.91. The highest BCUT2D eigenvalue weighted by Crippen LogP contribution is 2.30. The number of hydrogen-bond donors (Lipinski definition) is 1. The molecule has 1 unspecified atom stereocenters. The van der Waals surface area contributed by atoms with E-state index in [9.17, 15) is 0 Å². The third-order valence-electron chi connectivity index (χ3n) is 5.08. The second-order valence-electron chi connectivity index (χ2n) is 6.49. The fraction of sp³-hybridized carbons (Fsp3) is 1.00. The van der Waals surface area contributed by atoms with Crippen molar-refractivity contribution in [1.82, 2.24) is 5.32 Å². The van der Waals surface area contributed by atoms with Crippen LogP contribution >= 0.6 is 0 Å². The fourth-order valence-electron chi connectivity index (χ4n) is 3.56. The standard InChI is InChI=1S/C18H37NO2/c1-4-5-6-7-8-9-10-11-12-17(19-2)18(20-3)13-15-21-16-14-18/h17,19H,4-16H2,1-3H3. The van der Waals surface area contributed by atoms with Gasteiger partial charge in [-0.05, 0) is 13.5 Å². The van der Waals surface area contributed by atoms with Crippen molar-refractivity contribution in [2.24, 2.45) is 0 Å². The molecule has 126 valence electrons. The summed E-state index contributed by atoms with van der Waals surface area (Å²) in [6.07, 6.45) is 14.3. The van der Waals surface area contributed by atoms with E-state index in [1.54, 1.807) is 0 Å². The topological polar surface area (TPSA) is 30.5 Å². The van der Waals surface area contributed by atoms with Crippen molar-refractivity contribution in [2.45, 2.75) is 89.2 Å². The van der Waals surface area contributed by atoms with Gasteiger partial charge in [0.25, 0.3) is 0 Å². The number of unbranched alkanes of at least 4 members (excludes halogenated alkanes) is 7. The SMILES string of the molecule is CCCCCCCCCCC(NC)C1(OC)CCOCC1. The maximum Gasteiger partial charge on any atom is 0.0874 e. The van der Waals surface area contributed by atoms with E-state index in [1.165, 1.54) is 57.8 Å². The van der Waals surface area contributed by atoms with Gasteiger partial charge in [-0.2, -0.15) is 0 Å². The van der Waals surface area contributed by atoms with E-state index in [4.69, 9.17) is 9.47 Å². The molecule has 0 radical (unpaired) electrons. The summed E-state index contributed by atoms with van der Waals surface area (Å²) in [5, 5.41) is 3.50. The number of methoxy groups -OCH3 is 1. The van der Waals surface area contributed by atoms with Crippen molar-refractivity contribution >= 4 is 0 Å². The number of rotatable bonds is 12. The van der Waals surface area contributed by atoms with Crippen LogP contribution in [0.1, 0.15) is 77.6 Å². The molecule has 0 aromatic rings. The molecule has 1 heterocycles. The first-order chi connectivity index (χ1) is 10.3. The van der Waals surface area contributed by atoms with Crippen LogP contribution in [-0.4, -0.2) is 39.0 Å². The van der Waals surface area contributed by atoms with E-state index in [2.05, 4.69) is 19.3 Å². The first-order valence-electron chi connectivity index (χ1n) is 9.09. The molecule has 0 saturated carbocycles. The first-order valence-corrected chi connectivity index (χ1v) is 9.09. The van der Waals surface area contributed by atoms with Crippen LogP contribution in [0.15, 0.2) is 0 Å². The Morgan fingerprint density at radius 3 is 2.10 bits per heavy atom. The van der Waals surface area contributed by atoms with Gasteiger partial charge in [0, 0.05) is 39.2 Å². The fourth-order valence-corrected chi connectivity index (χ4v) is 3.56. The second kappa shape index (κ2) is 11.4. The van der Waals surface area contributed by atoms with Crippen LogP contribution in [0.3, 0.4) is 0 Å². The zero-order valence-corrected chi connectivity index (χ0v) is 14.6. The molecule has 1 aliphatic heterocycles. The number of ether oxygens (including phenoxy) is 2.